The van der Waals surface area contributed by atoms with Crippen molar-refractivity contribution in [1.29, 1.82) is 0 Å². The van der Waals surface area contributed by atoms with Crippen molar-refractivity contribution in [2.24, 2.45) is 5.92 Å². The summed E-state index contributed by atoms with van der Waals surface area (Å²) < 4.78 is 27.0. The van der Waals surface area contributed by atoms with Crippen LogP contribution in [-0.2, 0) is 21.4 Å². The van der Waals surface area contributed by atoms with Gasteiger partial charge in [0.15, 0.2) is 0 Å². The minimum absolute atomic E-state index is 0.0306. The van der Waals surface area contributed by atoms with Crippen molar-refractivity contribution in [3.8, 4) is 0 Å². The van der Waals surface area contributed by atoms with Gasteiger partial charge in [-0.3, -0.25) is 9.59 Å². The summed E-state index contributed by atoms with van der Waals surface area (Å²) in [5.41, 5.74) is 2.56. The van der Waals surface area contributed by atoms with Crippen LogP contribution < -0.4 is 10.6 Å². The van der Waals surface area contributed by atoms with Crippen molar-refractivity contribution in [3.05, 3.63) is 59.2 Å². The molecule has 0 saturated heterocycles. The number of hydrogen-bond acceptors (Lipinski definition) is 4. The van der Waals surface area contributed by atoms with Crippen LogP contribution in [0.15, 0.2) is 47.4 Å². The largest absolute Gasteiger partial charge is 0.348 e. The van der Waals surface area contributed by atoms with E-state index >= 15 is 0 Å². The minimum atomic E-state index is -3.65. The molecule has 31 heavy (non-hydrogen) atoms. The Bertz CT molecular complexity index is 1070. The van der Waals surface area contributed by atoms with Crippen LogP contribution in [0.2, 0.25) is 0 Å². The maximum Gasteiger partial charge on any atom is 0.251 e. The molecule has 0 unspecified atom stereocenters. The van der Waals surface area contributed by atoms with Crippen LogP contribution in [0.1, 0.15) is 48.2 Å². The van der Waals surface area contributed by atoms with Crippen LogP contribution >= 0.6 is 0 Å². The average molecular weight is 444 g/mol. The van der Waals surface area contributed by atoms with Gasteiger partial charge >= 0.3 is 0 Å². The summed E-state index contributed by atoms with van der Waals surface area (Å²) in [5, 5.41) is 5.74. The molecule has 166 valence electrons. The van der Waals surface area contributed by atoms with Crippen LogP contribution in [0.25, 0.3) is 0 Å². The summed E-state index contributed by atoms with van der Waals surface area (Å²) in [4.78, 5) is 24.9. The molecule has 3 rings (SSSR count). The first-order chi connectivity index (χ1) is 14.8. The quantitative estimate of drug-likeness (QED) is 0.622. The Morgan fingerprint density at radius 1 is 1.06 bits per heavy atom. The van der Waals surface area contributed by atoms with Gasteiger partial charge in [0.25, 0.3) is 5.91 Å². The van der Waals surface area contributed by atoms with Crippen LogP contribution in [0, 0.1) is 12.8 Å². The molecule has 0 spiro atoms. The predicted octanol–water partition coefficient (Wildman–Crippen LogP) is 3.30. The van der Waals surface area contributed by atoms with Gasteiger partial charge in [-0.2, -0.15) is 4.31 Å². The van der Waals surface area contributed by atoms with E-state index in [1.807, 2.05) is 24.3 Å². The summed E-state index contributed by atoms with van der Waals surface area (Å²) in [6.45, 7) is 6.33. The minimum Gasteiger partial charge on any atom is -0.348 e. The van der Waals surface area contributed by atoms with Gasteiger partial charge in [-0.15, -0.1) is 0 Å². The highest BCUT2D eigenvalue weighted by Gasteiger charge is 2.29. The molecular formula is C23H29N3O4S. The summed E-state index contributed by atoms with van der Waals surface area (Å²) in [5.74, 6) is -0.198. The SMILES string of the molecule is CCN(CC)S(=O)(=O)c1ccc(C)c(C(=O)NCc2cccc(NC(=O)C3CC3)c2)c1. The number of hydrogen-bond donors (Lipinski definition) is 2. The number of nitrogens with one attached hydrogen (secondary N) is 2. The standard InChI is InChI=1S/C23H29N3O4S/c1-4-26(5-2)31(29,30)20-12-9-16(3)21(14-20)23(28)24-15-17-7-6-8-19(13-17)25-22(27)18-10-11-18/h6-9,12-14,18H,4-5,10-11,15H2,1-3H3,(H,24,28)(H,25,27). The molecule has 1 fully saturated rings. The second kappa shape index (κ2) is 9.62. The van der Waals surface area contributed by atoms with E-state index in [-0.39, 0.29) is 29.2 Å². The Labute approximate surface area is 183 Å². The fourth-order valence-corrected chi connectivity index (χ4v) is 4.83. The molecule has 1 aliphatic rings. The van der Waals surface area contributed by atoms with Gasteiger partial charge in [0, 0.05) is 36.8 Å². The molecule has 2 aromatic carbocycles. The lowest BCUT2D eigenvalue weighted by atomic mass is 10.1. The normalized spacial score (nSPS) is 13.8. The summed E-state index contributed by atoms with van der Waals surface area (Å²) in [7, 11) is -3.65. The molecule has 0 radical (unpaired) electrons. The van der Waals surface area contributed by atoms with E-state index in [2.05, 4.69) is 10.6 Å². The zero-order valence-corrected chi connectivity index (χ0v) is 19.0. The van der Waals surface area contributed by atoms with E-state index in [0.717, 1.165) is 18.4 Å². The highest BCUT2D eigenvalue weighted by atomic mass is 32.2. The Morgan fingerprint density at radius 2 is 1.77 bits per heavy atom. The number of anilines is 1. The van der Waals surface area contributed by atoms with E-state index in [1.54, 1.807) is 26.8 Å². The lowest BCUT2D eigenvalue weighted by molar-refractivity contribution is -0.117. The second-order valence-electron chi connectivity index (χ2n) is 7.71. The fraction of sp³-hybridized carbons (Fsp3) is 0.391. The van der Waals surface area contributed by atoms with Crippen molar-refractivity contribution in [2.75, 3.05) is 18.4 Å². The molecule has 0 heterocycles. The van der Waals surface area contributed by atoms with E-state index in [0.29, 0.717) is 29.9 Å². The van der Waals surface area contributed by atoms with E-state index in [9.17, 15) is 18.0 Å². The molecule has 2 aromatic rings. The molecule has 0 aliphatic heterocycles. The Morgan fingerprint density at radius 3 is 2.42 bits per heavy atom. The highest BCUT2D eigenvalue weighted by Crippen LogP contribution is 2.30. The van der Waals surface area contributed by atoms with Gasteiger partial charge in [-0.1, -0.05) is 32.0 Å². The van der Waals surface area contributed by atoms with Gasteiger partial charge in [-0.05, 0) is 55.2 Å². The number of nitrogens with zero attached hydrogens (tertiary/aromatic N) is 1. The number of benzene rings is 2. The first-order valence-electron chi connectivity index (χ1n) is 10.5. The Kier molecular flexibility index (Phi) is 7.12. The maximum atomic E-state index is 12.8. The summed E-state index contributed by atoms with van der Waals surface area (Å²) >= 11 is 0. The number of rotatable bonds is 9. The van der Waals surface area contributed by atoms with E-state index in [4.69, 9.17) is 0 Å². The molecular weight excluding hydrogens is 414 g/mol. The predicted molar refractivity (Wildman–Crippen MR) is 120 cm³/mol. The third-order valence-corrected chi connectivity index (χ3v) is 7.44. The number of sulfonamides is 1. The van der Waals surface area contributed by atoms with Crippen molar-refractivity contribution in [1.82, 2.24) is 9.62 Å². The van der Waals surface area contributed by atoms with Gasteiger partial charge in [-0.25, -0.2) is 8.42 Å². The van der Waals surface area contributed by atoms with Gasteiger partial charge < -0.3 is 10.6 Å². The van der Waals surface area contributed by atoms with Crippen LogP contribution in [0.3, 0.4) is 0 Å². The summed E-state index contributed by atoms with van der Waals surface area (Å²) in [6.07, 6.45) is 1.87. The third-order valence-electron chi connectivity index (χ3n) is 5.39. The molecule has 1 aliphatic carbocycles. The zero-order valence-electron chi connectivity index (χ0n) is 18.1. The van der Waals surface area contributed by atoms with Crippen LogP contribution in [0.5, 0.6) is 0 Å². The Hall–Kier alpha value is -2.71. The maximum absolute atomic E-state index is 12.8. The average Bonchev–Trinajstić information content (AvgIpc) is 3.59. The molecule has 0 aromatic heterocycles. The van der Waals surface area contributed by atoms with Crippen molar-refractivity contribution in [2.45, 2.75) is 45.1 Å². The van der Waals surface area contributed by atoms with Gasteiger partial charge in [0.05, 0.1) is 4.90 Å². The molecule has 0 atom stereocenters. The fourth-order valence-electron chi connectivity index (χ4n) is 3.35. The monoisotopic (exact) mass is 443 g/mol. The highest BCUT2D eigenvalue weighted by molar-refractivity contribution is 7.89. The Balaban J connectivity index is 1.71. The third kappa shape index (κ3) is 5.51. The first kappa shape index (κ1) is 23.0. The van der Waals surface area contributed by atoms with Crippen LogP contribution in [0.4, 0.5) is 5.69 Å². The second-order valence-corrected chi connectivity index (χ2v) is 9.65. The van der Waals surface area contributed by atoms with Gasteiger partial charge in [0.1, 0.15) is 0 Å². The summed E-state index contributed by atoms with van der Waals surface area (Å²) in [6, 6.07) is 12.0. The lowest BCUT2D eigenvalue weighted by Gasteiger charge is -2.19. The van der Waals surface area contributed by atoms with Crippen LogP contribution in [-0.4, -0.2) is 37.6 Å². The zero-order chi connectivity index (χ0) is 22.6. The molecule has 8 heteroatoms. The van der Waals surface area contributed by atoms with Gasteiger partial charge in [0.2, 0.25) is 15.9 Å². The molecule has 2 N–H and O–H groups in total. The van der Waals surface area contributed by atoms with Crippen molar-refractivity contribution >= 4 is 27.5 Å². The lowest BCUT2D eigenvalue weighted by Crippen LogP contribution is -2.31. The van der Waals surface area contributed by atoms with Crippen molar-refractivity contribution in [3.63, 3.8) is 0 Å². The number of aryl methyl sites for hydroxylation is 1. The number of carbonyl (C=O) groups excluding carboxylic acids is 2. The van der Waals surface area contributed by atoms with E-state index in [1.165, 1.54) is 16.4 Å². The smallest absolute Gasteiger partial charge is 0.251 e. The molecule has 2 amide bonds. The van der Waals surface area contributed by atoms with E-state index < -0.39 is 10.0 Å². The number of carbonyl (C=O) groups is 2. The first-order valence-corrected chi connectivity index (χ1v) is 12.0. The molecule has 0 bridgehead atoms. The molecule has 7 nitrogen and oxygen atoms in total. The molecule has 1 saturated carbocycles. The number of amides is 2. The van der Waals surface area contributed by atoms with Crippen molar-refractivity contribution < 1.29 is 18.0 Å². The topological polar surface area (TPSA) is 95.6 Å².